The van der Waals surface area contributed by atoms with Gasteiger partial charge in [-0.3, -0.25) is 0 Å². The maximum Gasteiger partial charge on any atom is 0.123 e. The second-order valence-electron chi connectivity index (χ2n) is 5.66. The highest BCUT2D eigenvalue weighted by Crippen LogP contribution is 2.42. The summed E-state index contributed by atoms with van der Waals surface area (Å²) in [6, 6.07) is 21.9. The van der Waals surface area contributed by atoms with Gasteiger partial charge in [-0.2, -0.15) is 0 Å². The number of rotatable bonds is 4. The van der Waals surface area contributed by atoms with E-state index in [-0.39, 0.29) is 11.6 Å². The molecule has 0 aliphatic heterocycles. The molecule has 0 aromatic heterocycles. The van der Waals surface area contributed by atoms with Crippen LogP contribution in [0.4, 0.5) is 8.78 Å². The standard InChI is InChI=1S/C21H17F2N/c1-15(24)21(16-5-3-2-4-6-16,17-7-11-19(22)12-8-17)18-9-13-20(23)14-10-18/h2-14H,1,24H2. The van der Waals surface area contributed by atoms with Crippen LogP contribution in [-0.2, 0) is 5.41 Å². The summed E-state index contributed by atoms with van der Waals surface area (Å²) < 4.78 is 26.9. The van der Waals surface area contributed by atoms with Gasteiger partial charge in [-0.1, -0.05) is 61.2 Å². The number of halogens is 2. The Morgan fingerprint density at radius 1 is 0.667 bits per heavy atom. The molecule has 0 aliphatic rings. The molecular weight excluding hydrogens is 304 g/mol. The van der Waals surface area contributed by atoms with Crippen LogP contribution in [0.1, 0.15) is 16.7 Å². The monoisotopic (exact) mass is 321 g/mol. The average molecular weight is 321 g/mol. The lowest BCUT2D eigenvalue weighted by Gasteiger charge is -2.36. The van der Waals surface area contributed by atoms with E-state index in [0.29, 0.717) is 5.70 Å². The second-order valence-corrected chi connectivity index (χ2v) is 5.66. The summed E-state index contributed by atoms with van der Waals surface area (Å²) >= 11 is 0. The van der Waals surface area contributed by atoms with Crippen molar-refractivity contribution in [1.82, 2.24) is 0 Å². The molecule has 120 valence electrons. The maximum absolute atomic E-state index is 13.4. The molecule has 0 bridgehead atoms. The SMILES string of the molecule is C=C(N)C(c1ccccc1)(c1ccc(F)cc1)c1ccc(F)cc1. The van der Waals surface area contributed by atoms with Crippen molar-refractivity contribution in [3.05, 3.63) is 119 Å². The molecule has 0 aliphatic carbocycles. The molecule has 0 saturated carbocycles. The van der Waals surface area contributed by atoms with Gasteiger partial charge >= 0.3 is 0 Å². The minimum Gasteiger partial charge on any atom is -0.401 e. The molecule has 0 spiro atoms. The first-order chi connectivity index (χ1) is 11.5. The Labute approximate surface area is 140 Å². The van der Waals surface area contributed by atoms with Crippen molar-refractivity contribution in [3.8, 4) is 0 Å². The Kier molecular flexibility index (Phi) is 4.17. The number of allylic oxidation sites excluding steroid dienone is 1. The Morgan fingerprint density at radius 3 is 1.42 bits per heavy atom. The highest BCUT2D eigenvalue weighted by molar-refractivity contribution is 5.57. The summed E-state index contributed by atoms with van der Waals surface area (Å²) in [4.78, 5) is 0. The summed E-state index contributed by atoms with van der Waals surface area (Å²) in [5, 5.41) is 0. The van der Waals surface area contributed by atoms with Gasteiger partial charge in [0, 0.05) is 5.70 Å². The molecule has 0 saturated heterocycles. The topological polar surface area (TPSA) is 26.0 Å². The number of hydrogen-bond acceptors (Lipinski definition) is 1. The van der Waals surface area contributed by atoms with Gasteiger partial charge in [-0.05, 0) is 41.0 Å². The third-order valence-corrected chi connectivity index (χ3v) is 4.24. The van der Waals surface area contributed by atoms with Crippen LogP contribution in [0.25, 0.3) is 0 Å². The van der Waals surface area contributed by atoms with E-state index in [1.807, 2.05) is 30.3 Å². The molecule has 3 rings (SSSR count). The zero-order valence-corrected chi connectivity index (χ0v) is 13.0. The number of benzene rings is 3. The third-order valence-electron chi connectivity index (χ3n) is 4.24. The fourth-order valence-electron chi connectivity index (χ4n) is 3.14. The molecule has 0 atom stereocenters. The van der Waals surface area contributed by atoms with Gasteiger partial charge in [0.2, 0.25) is 0 Å². The zero-order chi connectivity index (χ0) is 17.2. The van der Waals surface area contributed by atoms with Crippen molar-refractivity contribution in [3.63, 3.8) is 0 Å². The summed E-state index contributed by atoms with van der Waals surface area (Å²) in [6.07, 6.45) is 0. The van der Waals surface area contributed by atoms with Crippen LogP contribution in [0.2, 0.25) is 0 Å². The fourth-order valence-corrected chi connectivity index (χ4v) is 3.14. The van der Waals surface area contributed by atoms with Gasteiger partial charge in [0.25, 0.3) is 0 Å². The van der Waals surface area contributed by atoms with Crippen molar-refractivity contribution in [2.45, 2.75) is 5.41 Å². The van der Waals surface area contributed by atoms with E-state index < -0.39 is 5.41 Å². The van der Waals surface area contributed by atoms with Crippen LogP contribution in [0.3, 0.4) is 0 Å². The normalized spacial score (nSPS) is 11.2. The molecular formula is C21H17F2N. The molecule has 0 amide bonds. The van der Waals surface area contributed by atoms with Gasteiger partial charge in [0.15, 0.2) is 0 Å². The maximum atomic E-state index is 13.4. The first kappa shape index (κ1) is 15.9. The van der Waals surface area contributed by atoms with Crippen LogP contribution in [0.15, 0.2) is 91.1 Å². The summed E-state index contributed by atoms with van der Waals surface area (Å²) in [5.74, 6) is -0.662. The number of hydrogen-bond donors (Lipinski definition) is 1. The Bertz CT molecular complexity index is 792. The van der Waals surface area contributed by atoms with E-state index in [1.165, 1.54) is 24.3 Å². The van der Waals surface area contributed by atoms with Crippen LogP contribution in [0.5, 0.6) is 0 Å². The molecule has 1 nitrogen and oxygen atoms in total. The van der Waals surface area contributed by atoms with E-state index in [2.05, 4.69) is 6.58 Å². The molecule has 2 N–H and O–H groups in total. The summed E-state index contributed by atoms with van der Waals surface area (Å²) in [7, 11) is 0. The van der Waals surface area contributed by atoms with E-state index >= 15 is 0 Å². The molecule has 0 unspecified atom stereocenters. The van der Waals surface area contributed by atoms with E-state index in [0.717, 1.165) is 16.7 Å². The minimum absolute atomic E-state index is 0.331. The molecule has 24 heavy (non-hydrogen) atoms. The van der Waals surface area contributed by atoms with E-state index in [9.17, 15) is 8.78 Å². The molecule has 0 radical (unpaired) electrons. The molecule has 3 aromatic rings. The third kappa shape index (κ3) is 2.58. The Hall–Kier alpha value is -2.94. The van der Waals surface area contributed by atoms with Crippen LogP contribution >= 0.6 is 0 Å². The van der Waals surface area contributed by atoms with Gasteiger partial charge < -0.3 is 5.73 Å². The summed E-state index contributed by atoms with van der Waals surface area (Å²) in [6.45, 7) is 3.99. The molecule has 0 heterocycles. The largest absolute Gasteiger partial charge is 0.401 e. The van der Waals surface area contributed by atoms with Crippen molar-refractivity contribution >= 4 is 0 Å². The summed E-state index contributed by atoms with van der Waals surface area (Å²) in [5.41, 5.74) is 8.19. The van der Waals surface area contributed by atoms with Crippen molar-refractivity contribution < 1.29 is 8.78 Å². The van der Waals surface area contributed by atoms with Crippen molar-refractivity contribution in [1.29, 1.82) is 0 Å². The number of nitrogens with two attached hydrogens (primary N) is 1. The second kappa shape index (κ2) is 6.28. The lowest BCUT2D eigenvalue weighted by atomic mass is 9.67. The quantitative estimate of drug-likeness (QED) is 0.688. The van der Waals surface area contributed by atoms with Crippen molar-refractivity contribution in [2.24, 2.45) is 5.73 Å². The Balaban J connectivity index is 2.35. The Morgan fingerprint density at radius 2 is 1.04 bits per heavy atom. The van der Waals surface area contributed by atoms with E-state index in [4.69, 9.17) is 5.73 Å². The predicted octanol–water partition coefficient (Wildman–Crippen LogP) is 4.77. The lowest BCUT2D eigenvalue weighted by Crippen LogP contribution is -2.35. The lowest BCUT2D eigenvalue weighted by molar-refractivity contribution is 0.620. The van der Waals surface area contributed by atoms with E-state index in [1.54, 1.807) is 24.3 Å². The van der Waals surface area contributed by atoms with Gasteiger partial charge in [-0.25, -0.2) is 8.78 Å². The smallest absolute Gasteiger partial charge is 0.123 e. The predicted molar refractivity (Wildman–Crippen MR) is 92.5 cm³/mol. The van der Waals surface area contributed by atoms with Crippen LogP contribution in [0, 0.1) is 11.6 Å². The van der Waals surface area contributed by atoms with Crippen molar-refractivity contribution in [2.75, 3.05) is 0 Å². The van der Waals surface area contributed by atoms with Crippen LogP contribution < -0.4 is 5.73 Å². The van der Waals surface area contributed by atoms with Gasteiger partial charge in [0.05, 0.1) is 5.41 Å². The van der Waals surface area contributed by atoms with Gasteiger partial charge in [-0.15, -0.1) is 0 Å². The highest BCUT2D eigenvalue weighted by atomic mass is 19.1. The first-order valence-electron chi connectivity index (χ1n) is 7.57. The van der Waals surface area contributed by atoms with Crippen LogP contribution in [-0.4, -0.2) is 0 Å². The molecule has 0 fully saturated rings. The first-order valence-corrected chi connectivity index (χ1v) is 7.57. The fraction of sp³-hybridized carbons (Fsp3) is 0.0476. The minimum atomic E-state index is -0.886. The zero-order valence-electron chi connectivity index (χ0n) is 13.0. The highest BCUT2D eigenvalue weighted by Gasteiger charge is 2.38. The van der Waals surface area contributed by atoms with Gasteiger partial charge in [0.1, 0.15) is 11.6 Å². The average Bonchev–Trinajstić information content (AvgIpc) is 2.59. The molecule has 3 heteroatoms. The molecule has 3 aromatic carbocycles.